The summed E-state index contributed by atoms with van der Waals surface area (Å²) in [6, 6.07) is 3.57. The molecular formula is C9H4BrClN2O2. The Morgan fingerprint density at radius 3 is 2.73 bits per heavy atom. The van der Waals surface area contributed by atoms with Crippen LogP contribution in [0, 0.1) is 0 Å². The second-order valence-electron chi connectivity index (χ2n) is 3.03. The van der Waals surface area contributed by atoms with E-state index in [1.807, 2.05) is 0 Å². The normalized spacial score (nSPS) is 13.5. The van der Waals surface area contributed by atoms with E-state index >= 15 is 0 Å². The largest absolute Gasteiger partial charge is 0.454 e. The molecule has 0 aliphatic carbocycles. The van der Waals surface area contributed by atoms with Crippen molar-refractivity contribution < 1.29 is 9.47 Å². The SMILES string of the molecule is Clc1c(Br)nnc2cc3c(cc12)OCO3. The summed E-state index contributed by atoms with van der Waals surface area (Å²) in [4.78, 5) is 0. The second-order valence-corrected chi connectivity index (χ2v) is 4.16. The summed E-state index contributed by atoms with van der Waals surface area (Å²) < 4.78 is 11.0. The summed E-state index contributed by atoms with van der Waals surface area (Å²) >= 11 is 9.30. The molecule has 0 saturated carbocycles. The van der Waals surface area contributed by atoms with Crippen molar-refractivity contribution in [3.8, 4) is 11.5 Å². The average molecular weight is 288 g/mol. The number of rotatable bonds is 0. The highest BCUT2D eigenvalue weighted by Crippen LogP contribution is 2.38. The third-order valence-electron chi connectivity index (χ3n) is 2.15. The molecule has 0 atom stereocenters. The van der Waals surface area contributed by atoms with Crippen molar-refractivity contribution in [2.24, 2.45) is 0 Å². The summed E-state index contributed by atoms with van der Waals surface area (Å²) in [5, 5.41) is 9.19. The first kappa shape index (κ1) is 9.18. The molecule has 2 heterocycles. The number of nitrogens with zero attached hydrogens (tertiary/aromatic N) is 2. The Morgan fingerprint density at radius 2 is 1.93 bits per heavy atom. The van der Waals surface area contributed by atoms with Gasteiger partial charge in [0.2, 0.25) is 6.79 Å². The van der Waals surface area contributed by atoms with Gasteiger partial charge in [-0.1, -0.05) is 11.6 Å². The lowest BCUT2D eigenvalue weighted by Crippen LogP contribution is -1.92. The molecule has 6 heteroatoms. The molecule has 0 radical (unpaired) electrons. The van der Waals surface area contributed by atoms with E-state index in [0.717, 1.165) is 5.39 Å². The van der Waals surface area contributed by atoms with Crippen LogP contribution in [0.15, 0.2) is 16.7 Å². The van der Waals surface area contributed by atoms with E-state index in [2.05, 4.69) is 26.1 Å². The predicted octanol–water partition coefficient (Wildman–Crippen LogP) is 2.77. The lowest BCUT2D eigenvalue weighted by molar-refractivity contribution is 0.174. The number of aromatic nitrogens is 2. The predicted molar refractivity (Wildman–Crippen MR) is 58.4 cm³/mol. The van der Waals surface area contributed by atoms with Crippen molar-refractivity contribution in [3.05, 3.63) is 21.8 Å². The Kier molecular flexibility index (Phi) is 1.97. The highest BCUT2D eigenvalue weighted by molar-refractivity contribution is 9.10. The molecule has 1 aliphatic heterocycles. The Morgan fingerprint density at radius 1 is 1.20 bits per heavy atom. The molecule has 0 bridgehead atoms. The summed E-state index contributed by atoms with van der Waals surface area (Å²) in [6.45, 7) is 0.234. The molecule has 2 aromatic rings. The molecule has 1 aromatic heterocycles. The van der Waals surface area contributed by atoms with Crippen molar-refractivity contribution in [3.63, 3.8) is 0 Å². The third kappa shape index (κ3) is 1.34. The topological polar surface area (TPSA) is 44.2 Å². The molecule has 15 heavy (non-hydrogen) atoms. The molecule has 1 aromatic carbocycles. The zero-order valence-electron chi connectivity index (χ0n) is 7.33. The van der Waals surface area contributed by atoms with E-state index in [0.29, 0.717) is 26.6 Å². The van der Waals surface area contributed by atoms with Crippen LogP contribution in [0.25, 0.3) is 10.9 Å². The van der Waals surface area contributed by atoms with Crippen LogP contribution in [0.1, 0.15) is 0 Å². The first-order valence-corrected chi connectivity index (χ1v) is 5.34. The Labute approximate surface area is 98.3 Å². The van der Waals surface area contributed by atoms with Crippen molar-refractivity contribution in [2.45, 2.75) is 0 Å². The van der Waals surface area contributed by atoms with Gasteiger partial charge in [0, 0.05) is 11.5 Å². The molecule has 0 amide bonds. The van der Waals surface area contributed by atoms with Gasteiger partial charge in [0.05, 0.1) is 10.5 Å². The molecule has 0 unspecified atom stereocenters. The smallest absolute Gasteiger partial charge is 0.231 e. The van der Waals surface area contributed by atoms with E-state index in [-0.39, 0.29) is 6.79 Å². The summed E-state index contributed by atoms with van der Waals surface area (Å²) in [5.74, 6) is 1.36. The molecule has 0 N–H and O–H groups in total. The molecule has 76 valence electrons. The third-order valence-corrected chi connectivity index (χ3v) is 3.32. The maximum absolute atomic E-state index is 6.08. The first-order chi connectivity index (χ1) is 7.25. The van der Waals surface area contributed by atoms with Crippen LogP contribution in [-0.4, -0.2) is 17.0 Å². The Hall–Kier alpha value is -1.07. The minimum atomic E-state index is 0.234. The lowest BCUT2D eigenvalue weighted by Gasteiger charge is -2.02. The molecule has 0 saturated heterocycles. The van der Waals surface area contributed by atoms with Crippen LogP contribution in [-0.2, 0) is 0 Å². The van der Waals surface area contributed by atoms with Crippen LogP contribution in [0.2, 0.25) is 5.02 Å². The molecule has 0 fully saturated rings. The van der Waals surface area contributed by atoms with Crippen LogP contribution in [0.4, 0.5) is 0 Å². The van der Waals surface area contributed by atoms with Crippen molar-refractivity contribution >= 4 is 38.4 Å². The van der Waals surface area contributed by atoms with Gasteiger partial charge in [0.25, 0.3) is 0 Å². The second kappa shape index (κ2) is 3.21. The van der Waals surface area contributed by atoms with Gasteiger partial charge >= 0.3 is 0 Å². The van der Waals surface area contributed by atoms with Gasteiger partial charge in [0.1, 0.15) is 4.60 Å². The molecule has 4 nitrogen and oxygen atoms in total. The molecule has 3 rings (SSSR count). The van der Waals surface area contributed by atoms with Gasteiger partial charge in [0.15, 0.2) is 11.5 Å². The van der Waals surface area contributed by atoms with E-state index in [4.69, 9.17) is 21.1 Å². The fourth-order valence-electron chi connectivity index (χ4n) is 1.44. The number of hydrogen-bond acceptors (Lipinski definition) is 4. The number of benzene rings is 1. The first-order valence-electron chi connectivity index (χ1n) is 4.17. The zero-order valence-corrected chi connectivity index (χ0v) is 9.67. The molecular weight excluding hydrogens is 283 g/mol. The van der Waals surface area contributed by atoms with Crippen molar-refractivity contribution in [2.75, 3.05) is 6.79 Å². The summed E-state index contributed by atoms with van der Waals surface area (Å²) in [5.41, 5.74) is 0.687. The van der Waals surface area contributed by atoms with Crippen molar-refractivity contribution in [1.82, 2.24) is 10.2 Å². The number of halogens is 2. The minimum Gasteiger partial charge on any atom is -0.454 e. The maximum Gasteiger partial charge on any atom is 0.231 e. The summed E-state index contributed by atoms with van der Waals surface area (Å²) in [6.07, 6.45) is 0. The maximum atomic E-state index is 6.08. The van der Waals surface area contributed by atoms with E-state index in [1.165, 1.54) is 0 Å². The van der Waals surface area contributed by atoms with E-state index in [9.17, 15) is 0 Å². The highest BCUT2D eigenvalue weighted by atomic mass is 79.9. The van der Waals surface area contributed by atoms with Crippen LogP contribution in [0.3, 0.4) is 0 Å². The fraction of sp³-hybridized carbons (Fsp3) is 0.111. The molecule has 0 spiro atoms. The number of hydrogen-bond donors (Lipinski definition) is 0. The van der Waals surface area contributed by atoms with Crippen LogP contribution >= 0.6 is 27.5 Å². The number of fused-ring (bicyclic) bond motifs is 2. The van der Waals surface area contributed by atoms with Gasteiger partial charge in [-0.3, -0.25) is 0 Å². The lowest BCUT2D eigenvalue weighted by atomic mass is 10.2. The Bertz CT molecular complexity index is 561. The monoisotopic (exact) mass is 286 g/mol. The molecule has 1 aliphatic rings. The Balaban J connectivity index is 2.38. The van der Waals surface area contributed by atoms with Gasteiger partial charge in [-0.15, -0.1) is 10.2 Å². The fourth-order valence-corrected chi connectivity index (χ4v) is 1.92. The quantitative estimate of drug-likeness (QED) is 0.747. The highest BCUT2D eigenvalue weighted by Gasteiger charge is 2.17. The standard InChI is InChI=1S/C9H4BrClN2O2/c10-9-8(11)4-1-6-7(15-3-14-6)2-5(4)12-13-9/h1-2H,3H2. The van der Waals surface area contributed by atoms with Crippen molar-refractivity contribution in [1.29, 1.82) is 0 Å². The van der Waals surface area contributed by atoms with Gasteiger partial charge in [-0.25, -0.2) is 0 Å². The van der Waals surface area contributed by atoms with Crippen LogP contribution in [0.5, 0.6) is 11.5 Å². The zero-order chi connectivity index (χ0) is 10.4. The van der Waals surface area contributed by atoms with Gasteiger partial charge in [-0.2, -0.15) is 0 Å². The minimum absolute atomic E-state index is 0.234. The summed E-state index contributed by atoms with van der Waals surface area (Å²) in [7, 11) is 0. The van der Waals surface area contributed by atoms with Crippen LogP contribution < -0.4 is 9.47 Å². The average Bonchev–Trinajstić information content (AvgIpc) is 2.68. The van der Waals surface area contributed by atoms with Gasteiger partial charge in [-0.05, 0) is 22.0 Å². The number of ether oxygens (including phenoxy) is 2. The van der Waals surface area contributed by atoms with E-state index in [1.54, 1.807) is 12.1 Å². The van der Waals surface area contributed by atoms with Gasteiger partial charge < -0.3 is 9.47 Å². The van der Waals surface area contributed by atoms with E-state index < -0.39 is 0 Å².